The molecule has 2 atom stereocenters. The van der Waals surface area contributed by atoms with Crippen molar-refractivity contribution < 1.29 is 27.2 Å². The number of hydrogen-bond acceptors (Lipinski definition) is 7. The highest BCUT2D eigenvalue weighted by atomic mass is 32.2. The molecule has 176 valence electrons. The van der Waals surface area contributed by atoms with Gasteiger partial charge in [-0.05, 0) is 43.2 Å². The fourth-order valence-corrected chi connectivity index (χ4v) is 6.42. The zero-order valence-corrected chi connectivity index (χ0v) is 19.1. The van der Waals surface area contributed by atoms with Gasteiger partial charge in [-0.3, -0.25) is 14.4 Å². The number of aryl methyl sites for hydroxylation is 1. The molecule has 5 rings (SSSR count). The van der Waals surface area contributed by atoms with E-state index in [-0.39, 0.29) is 41.3 Å². The molecule has 10 heteroatoms. The van der Waals surface area contributed by atoms with Gasteiger partial charge >= 0.3 is 0 Å². The number of ether oxygens (including phenoxy) is 1. The van der Waals surface area contributed by atoms with E-state index in [9.17, 15) is 22.8 Å². The van der Waals surface area contributed by atoms with Crippen molar-refractivity contribution in [2.45, 2.75) is 25.4 Å². The van der Waals surface area contributed by atoms with Gasteiger partial charge in [0.25, 0.3) is 11.8 Å². The topological polar surface area (TPSA) is 137 Å². The van der Waals surface area contributed by atoms with E-state index in [1.54, 1.807) is 42.5 Å². The Morgan fingerprint density at radius 3 is 2.56 bits per heavy atom. The van der Waals surface area contributed by atoms with Crippen LogP contribution in [0.2, 0.25) is 0 Å². The first-order chi connectivity index (χ1) is 16.1. The number of carbonyl (C=O) groups is 2. The van der Waals surface area contributed by atoms with E-state index in [1.165, 1.54) is 4.90 Å². The number of sulfone groups is 1. The van der Waals surface area contributed by atoms with Crippen LogP contribution in [0.5, 0.6) is 5.75 Å². The van der Waals surface area contributed by atoms with Crippen LogP contribution in [0.4, 0.5) is 0 Å². The SMILES string of the molecule is Cc1ccc2oc3c(c(=O)c2c1)C(c1ccc(OCC(N)=O)cc1)N(C1CCS(=O)(=O)C1)C3=O. The molecule has 2 N–H and O–H groups in total. The van der Waals surface area contributed by atoms with E-state index in [0.29, 0.717) is 22.3 Å². The molecule has 2 amide bonds. The molecule has 2 aromatic carbocycles. The average molecular weight is 483 g/mol. The van der Waals surface area contributed by atoms with E-state index in [1.807, 2.05) is 6.92 Å². The molecule has 3 aromatic rings. The fraction of sp³-hybridized carbons (Fsp3) is 0.292. The molecule has 2 aliphatic rings. The van der Waals surface area contributed by atoms with Crippen LogP contribution < -0.4 is 15.9 Å². The van der Waals surface area contributed by atoms with Gasteiger partial charge in [0.2, 0.25) is 5.76 Å². The molecule has 0 saturated carbocycles. The summed E-state index contributed by atoms with van der Waals surface area (Å²) in [6.45, 7) is 1.57. The number of rotatable bonds is 5. The highest BCUT2D eigenvalue weighted by Gasteiger charge is 2.48. The Labute approximate surface area is 195 Å². The molecule has 1 saturated heterocycles. The number of benzene rings is 2. The normalized spacial score (nSPS) is 21.1. The van der Waals surface area contributed by atoms with Crippen molar-refractivity contribution in [1.82, 2.24) is 4.90 Å². The summed E-state index contributed by atoms with van der Waals surface area (Å²) in [5, 5.41) is 0.360. The van der Waals surface area contributed by atoms with E-state index in [4.69, 9.17) is 14.9 Å². The minimum Gasteiger partial charge on any atom is -0.484 e. The first-order valence-corrected chi connectivity index (χ1v) is 12.6. The lowest BCUT2D eigenvalue weighted by atomic mass is 9.97. The highest BCUT2D eigenvalue weighted by molar-refractivity contribution is 7.91. The van der Waals surface area contributed by atoms with Gasteiger partial charge in [-0.15, -0.1) is 0 Å². The summed E-state index contributed by atoms with van der Waals surface area (Å²) in [5.74, 6) is -0.987. The van der Waals surface area contributed by atoms with Gasteiger partial charge in [-0.1, -0.05) is 23.8 Å². The van der Waals surface area contributed by atoms with Crippen LogP contribution in [-0.4, -0.2) is 49.3 Å². The third-order valence-electron chi connectivity index (χ3n) is 6.24. The highest BCUT2D eigenvalue weighted by Crippen LogP contribution is 2.41. The van der Waals surface area contributed by atoms with Crippen LogP contribution in [0.1, 0.15) is 39.7 Å². The van der Waals surface area contributed by atoms with Crippen LogP contribution in [0.15, 0.2) is 51.7 Å². The molecular weight excluding hydrogens is 460 g/mol. The van der Waals surface area contributed by atoms with Crippen molar-refractivity contribution in [2.24, 2.45) is 5.73 Å². The van der Waals surface area contributed by atoms with Crippen molar-refractivity contribution in [1.29, 1.82) is 0 Å². The second kappa shape index (κ2) is 7.98. The number of carbonyl (C=O) groups excluding carboxylic acids is 2. The second-order valence-electron chi connectivity index (χ2n) is 8.67. The van der Waals surface area contributed by atoms with Gasteiger partial charge in [-0.2, -0.15) is 0 Å². The van der Waals surface area contributed by atoms with Crippen LogP contribution >= 0.6 is 0 Å². The summed E-state index contributed by atoms with van der Waals surface area (Å²) in [4.78, 5) is 39.6. The third-order valence-corrected chi connectivity index (χ3v) is 7.99. The molecule has 1 fully saturated rings. The fourth-order valence-electron chi connectivity index (χ4n) is 4.70. The molecule has 0 bridgehead atoms. The lowest BCUT2D eigenvalue weighted by Crippen LogP contribution is -2.40. The van der Waals surface area contributed by atoms with Crippen LogP contribution in [0.3, 0.4) is 0 Å². The summed E-state index contributed by atoms with van der Waals surface area (Å²) < 4.78 is 35.6. The van der Waals surface area contributed by atoms with Gasteiger partial charge in [0.1, 0.15) is 11.3 Å². The maximum Gasteiger partial charge on any atom is 0.291 e. The van der Waals surface area contributed by atoms with Crippen LogP contribution in [0, 0.1) is 6.92 Å². The first kappa shape index (κ1) is 22.1. The molecule has 0 aliphatic carbocycles. The van der Waals surface area contributed by atoms with Crippen LogP contribution in [0.25, 0.3) is 11.0 Å². The Balaban J connectivity index is 1.66. The molecule has 9 nitrogen and oxygen atoms in total. The van der Waals surface area contributed by atoms with E-state index >= 15 is 0 Å². The standard InChI is InChI=1S/C24H22N2O7S/c1-13-2-7-18-17(10-13)22(28)20-21(14-3-5-16(6-4-14)32-11-19(25)27)26(24(29)23(20)33-18)15-8-9-34(30,31)12-15/h2-7,10,15,21H,8-9,11-12H2,1H3,(H2,25,27). The van der Waals surface area contributed by atoms with Gasteiger partial charge < -0.3 is 19.8 Å². The zero-order valence-electron chi connectivity index (χ0n) is 18.3. The largest absolute Gasteiger partial charge is 0.484 e. The molecule has 2 aliphatic heterocycles. The van der Waals surface area contributed by atoms with E-state index in [0.717, 1.165) is 5.56 Å². The molecular formula is C24H22N2O7S. The van der Waals surface area contributed by atoms with Crippen molar-refractivity contribution in [3.8, 4) is 5.75 Å². The summed E-state index contributed by atoms with van der Waals surface area (Å²) in [6.07, 6.45) is 0.283. The lowest BCUT2D eigenvalue weighted by Gasteiger charge is -2.30. The predicted molar refractivity (Wildman–Crippen MR) is 123 cm³/mol. The van der Waals surface area contributed by atoms with Gasteiger partial charge in [0, 0.05) is 6.04 Å². The minimum absolute atomic E-state index is 0.0209. The van der Waals surface area contributed by atoms with Crippen molar-refractivity contribution >= 4 is 32.6 Å². The smallest absolute Gasteiger partial charge is 0.291 e. The number of amides is 2. The monoisotopic (exact) mass is 482 g/mol. The van der Waals surface area contributed by atoms with Gasteiger partial charge in [0.15, 0.2) is 21.9 Å². The average Bonchev–Trinajstić information content (AvgIpc) is 3.29. The molecule has 0 spiro atoms. The van der Waals surface area contributed by atoms with Crippen molar-refractivity contribution in [2.75, 3.05) is 18.1 Å². The lowest BCUT2D eigenvalue weighted by molar-refractivity contribution is -0.119. The maximum atomic E-state index is 13.6. The quantitative estimate of drug-likeness (QED) is 0.584. The Bertz CT molecular complexity index is 1490. The Morgan fingerprint density at radius 2 is 1.91 bits per heavy atom. The zero-order chi connectivity index (χ0) is 24.2. The number of fused-ring (bicyclic) bond motifs is 2. The molecule has 1 aromatic heterocycles. The first-order valence-electron chi connectivity index (χ1n) is 10.8. The van der Waals surface area contributed by atoms with E-state index < -0.39 is 33.7 Å². The molecule has 2 unspecified atom stereocenters. The minimum atomic E-state index is -3.29. The molecule has 34 heavy (non-hydrogen) atoms. The summed E-state index contributed by atoms with van der Waals surface area (Å²) in [6, 6.07) is 10.3. The maximum absolute atomic E-state index is 13.6. The second-order valence-corrected chi connectivity index (χ2v) is 10.9. The van der Waals surface area contributed by atoms with Gasteiger partial charge in [0.05, 0.1) is 28.5 Å². The number of hydrogen-bond donors (Lipinski definition) is 1. The number of nitrogens with two attached hydrogens (primary N) is 1. The van der Waals surface area contributed by atoms with E-state index in [2.05, 4.69) is 0 Å². The summed E-state index contributed by atoms with van der Waals surface area (Å²) in [5.41, 5.74) is 6.76. The summed E-state index contributed by atoms with van der Waals surface area (Å²) in [7, 11) is -3.29. The Hall–Kier alpha value is -3.66. The number of primary amides is 1. The van der Waals surface area contributed by atoms with Crippen molar-refractivity contribution in [3.63, 3.8) is 0 Å². The Kier molecular flexibility index (Phi) is 5.20. The molecule has 0 radical (unpaired) electrons. The predicted octanol–water partition coefficient (Wildman–Crippen LogP) is 1.70. The third kappa shape index (κ3) is 3.73. The Morgan fingerprint density at radius 1 is 1.18 bits per heavy atom. The molecule has 3 heterocycles. The van der Waals surface area contributed by atoms with Gasteiger partial charge in [-0.25, -0.2) is 8.42 Å². The van der Waals surface area contributed by atoms with Crippen molar-refractivity contribution in [3.05, 3.63) is 75.1 Å². The number of nitrogens with zero attached hydrogens (tertiary/aromatic N) is 1. The van der Waals surface area contributed by atoms with Crippen LogP contribution in [-0.2, 0) is 14.6 Å². The summed E-state index contributed by atoms with van der Waals surface area (Å²) >= 11 is 0.